The number of carboxylic acids is 1. The average Bonchev–Trinajstić information content (AvgIpc) is 3.52. The molecule has 3 aliphatic carbocycles. The van der Waals surface area contributed by atoms with Gasteiger partial charge in [0.1, 0.15) is 5.75 Å². The molecule has 47 heavy (non-hydrogen) atoms. The topological polar surface area (TPSA) is 95.6 Å². The van der Waals surface area contributed by atoms with Gasteiger partial charge in [-0.05, 0) is 143 Å². The third kappa shape index (κ3) is 9.38. The molecular formula is C42H60N2O3. The summed E-state index contributed by atoms with van der Waals surface area (Å²) < 4.78 is 0. The van der Waals surface area contributed by atoms with Crippen LogP contribution >= 0.6 is 0 Å². The monoisotopic (exact) mass is 640 g/mol. The van der Waals surface area contributed by atoms with E-state index in [0.717, 1.165) is 70.4 Å². The Labute approximate surface area is 284 Å². The number of rotatable bonds is 13. The summed E-state index contributed by atoms with van der Waals surface area (Å²) in [5.74, 6) is 1.22. The smallest absolute Gasteiger partial charge is 0.307 e. The number of allylic oxidation sites excluding steroid dienone is 3. The van der Waals surface area contributed by atoms with E-state index in [1.54, 1.807) is 5.57 Å². The first-order valence-electron chi connectivity index (χ1n) is 18.7. The number of nitrogens with one attached hydrogen (secondary N) is 1. The van der Waals surface area contributed by atoms with E-state index in [4.69, 9.17) is 5.73 Å². The Hall–Kier alpha value is -2.89. The molecule has 5 rings (SSSR count). The van der Waals surface area contributed by atoms with Crippen molar-refractivity contribution in [3.63, 3.8) is 0 Å². The first-order chi connectivity index (χ1) is 22.9. The number of aromatic hydroxyl groups is 1. The van der Waals surface area contributed by atoms with E-state index in [0.29, 0.717) is 29.9 Å². The van der Waals surface area contributed by atoms with Crippen molar-refractivity contribution in [2.75, 3.05) is 20.1 Å². The van der Waals surface area contributed by atoms with Crippen molar-refractivity contribution in [1.82, 2.24) is 5.32 Å². The molecule has 256 valence electrons. The second kappa shape index (κ2) is 17.5. The molecule has 3 aliphatic rings. The van der Waals surface area contributed by atoms with E-state index in [2.05, 4.69) is 59.9 Å². The summed E-state index contributed by atoms with van der Waals surface area (Å²) in [6.45, 7) is 1.70. The van der Waals surface area contributed by atoms with E-state index in [1.807, 2.05) is 19.2 Å². The van der Waals surface area contributed by atoms with E-state index >= 15 is 0 Å². The van der Waals surface area contributed by atoms with Gasteiger partial charge in [0.15, 0.2) is 0 Å². The van der Waals surface area contributed by atoms with Gasteiger partial charge in [0.05, 0.1) is 5.92 Å². The highest BCUT2D eigenvalue weighted by atomic mass is 16.4. The molecule has 1 saturated carbocycles. The molecule has 5 nitrogen and oxygen atoms in total. The normalized spacial score (nSPS) is 28.7. The molecule has 5 N–H and O–H groups in total. The van der Waals surface area contributed by atoms with Crippen LogP contribution in [-0.4, -0.2) is 36.3 Å². The highest BCUT2D eigenvalue weighted by Gasteiger charge is 2.47. The summed E-state index contributed by atoms with van der Waals surface area (Å²) in [5.41, 5.74) is 10.8. The number of nitrogens with two attached hydrogens (primary N) is 1. The lowest BCUT2D eigenvalue weighted by molar-refractivity contribution is -0.145. The Morgan fingerprint density at radius 1 is 1.00 bits per heavy atom. The molecule has 0 amide bonds. The Morgan fingerprint density at radius 2 is 1.79 bits per heavy atom. The number of hydrogen-bond donors (Lipinski definition) is 4. The van der Waals surface area contributed by atoms with Crippen LogP contribution in [0.3, 0.4) is 0 Å². The molecule has 2 aromatic carbocycles. The number of hydrogen-bond acceptors (Lipinski definition) is 4. The SMILES string of the molecule is CNC[C@@H]1CCC[C@@]2(C1)c1cccc(c1)C[C@@H](c1ccc(O)cc1)[C@H](CCCCCC[C@@H]1C=C(CCN)CC1)C/C=C/C[C@H]2C(=O)O. The number of benzene rings is 2. The summed E-state index contributed by atoms with van der Waals surface area (Å²) in [6.07, 6.45) is 24.6. The average molecular weight is 641 g/mol. The Bertz CT molecular complexity index is 1330. The summed E-state index contributed by atoms with van der Waals surface area (Å²) in [7, 11) is 2.01. The molecule has 1 fully saturated rings. The second-order valence-corrected chi connectivity index (χ2v) is 15.0. The molecule has 0 saturated heterocycles. The van der Waals surface area contributed by atoms with E-state index in [9.17, 15) is 15.0 Å². The number of fused-ring (bicyclic) bond motifs is 3. The zero-order valence-electron chi connectivity index (χ0n) is 28.8. The minimum absolute atomic E-state index is 0.308. The van der Waals surface area contributed by atoms with Crippen LogP contribution < -0.4 is 11.1 Å². The molecular weight excluding hydrogens is 580 g/mol. The van der Waals surface area contributed by atoms with Crippen LogP contribution in [0, 0.1) is 23.7 Å². The lowest BCUT2D eigenvalue weighted by Crippen LogP contribution is -2.45. The van der Waals surface area contributed by atoms with Gasteiger partial charge in [0.25, 0.3) is 0 Å². The number of unbranched alkanes of at least 4 members (excludes halogenated alkanes) is 3. The van der Waals surface area contributed by atoms with Gasteiger partial charge < -0.3 is 21.3 Å². The van der Waals surface area contributed by atoms with Crippen LogP contribution in [0.2, 0.25) is 0 Å². The third-order valence-electron chi connectivity index (χ3n) is 11.8. The molecule has 1 spiro atoms. The van der Waals surface area contributed by atoms with Gasteiger partial charge in [0.2, 0.25) is 0 Å². The van der Waals surface area contributed by atoms with Crippen LogP contribution in [0.25, 0.3) is 0 Å². The number of phenolic OH excluding ortho intramolecular Hbond substituents is 1. The zero-order chi connectivity index (χ0) is 33.1. The summed E-state index contributed by atoms with van der Waals surface area (Å²) in [6, 6.07) is 16.9. The Balaban J connectivity index is 1.35. The Morgan fingerprint density at radius 3 is 2.55 bits per heavy atom. The second-order valence-electron chi connectivity index (χ2n) is 15.0. The zero-order valence-corrected chi connectivity index (χ0v) is 28.8. The highest BCUT2D eigenvalue weighted by Crippen LogP contribution is 2.49. The molecule has 5 heteroatoms. The van der Waals surface area contributed by atoms with Crippen molar-refractivity contribution >= 4 is 5.97 Å². The maximum Gasteiger partial charge on any atom is 0.307 e. The molecule has 0 radical (unpaired) electrons. The van der Waals surface area contributed by atoms with Crippen molar-refractivity contribution < 1.29 is 15.0 Å². The van der Waals surface area contributed by atoms with Crippen molar-refractivity contribution in [2.24, 2.45) is 29.4 Å². The lowest BCUT2D eigenvalue weighted by atomic mass is 9.58. The van der Waals surface area contributed by atoms with Crippen LogP contribution in [0.1, 0.15) is 119 Å². The van der Waals surface area contributed by atoms with Crippen LogP contribution in [0.5, 0.6) is 5.75 Å². The predicted molar refractivity (Wildman–Crippen MR) is 194 cm³/mol. The van der Waals surface area contributed by atoms with Gasteiger partial charge >= 0.3 is 5.97 Å². The highest BCUT2D eigenvalue weighted by molar-refractivity contribution is 5.73. The number of aliphatic carboxylic acids is 1. The summed E-state index contributed by atoms with van der Waals surface area (Å²) >= 11 is 0. The molecule has 0 aliphatic heterocycles. The summed E-state index contributed by atoms with van der Waals surface area (Å²) in [5, 5.41) is 24.2. The predicted octanol–water partition coefficient (Wildman–Crippen LogP) is 9.06. The van der Waals surface area contributed by atoms with Crippen LogP contribution in [0.15, 0.2) is 72.3 Å². The first-order valence-corrected chi connectivity index (χ1v) is 18.7. The van der Waals surface area contributed by atoms with Crippen molar-refractivity contribution in [3.8, 4) is 5.75 Å². The number of carbonyl (C=O) groups is 1. The molecule has 6 atom stereocenters. The molecule has 0 unspecified atom stereocenters. The van der Waals surface area contributed by atoms with Gasteiger partial charge in [-0.2, -0.15) is 0 Å². The maximum atomic E-state index is 13.0. The summed E-state index contributed by atoms with van der Waals surface area (Å²) in [4.78, 5) is 13.0. The van der Waals surface area contributed by atoms with Gasteiger partial charge in [-0.15, -0.1) is 0 Å². The van der Waals surface area contributed by atoms with E-state index in [-0.39, 0.29) is 5.41 Å². The maximum absolute atomic E-state index is 13.0. The van der Waals surface area contributed by atoms with Crippen molar-refractivity contribution in [3.05, 3.63) is 89.0 Å². The minimum Gasteiger partial charge on any atom is -0.508 e. The van der Waals surface area contributed by atoms with E-state index in [1.165, 1.54) is 61.6 Å². The van der Waals surface area contributed by atoms with Gasteiger partial charge in [-0.25, -0.2) is 0 Å². The quantitative estimate of drug-likeness (QED) is 0.129. The molecule has 2 bridgehead atoms. The Kier molecular flexibility index (Phi) is 13.2. The largest absolute Gasteiger partial charge is 0.508 e. The van der Waals surface area contributed by atoms with Crippen molar-refractivity contribution in [1.29, 1.82) is 0 Å². The van der Waals surface area contributed by atoms with Gasteiger partial charge in [-0.3, -0.25) is 4.79 Å². The van der Waals surface area contributed by atoms with Gasteiger partial charge in [0, 0.05) is 5.41 Å². The first kappa shape index (κ1) is 35.4. The van der Waals surface area contributed by atoms with Crippen molar-refractivity contribution in [2.45, 2.75) is 114 Å². The standard InChI is InChI=1S/C42H60N2O3/c1-44-30-34-12-9-24-42(29-34)37-15-8-11-33(27-37)28-39(36-19-21-38(45)22-20-36)35(14-6-7-16-40(42)41(46)47)13-5-3-2-4-10-31-17-18-32(26-31)23-25-43/h6-8,11,15,19-22,26-27,31,34-35,39-40,44-45H,2-5,9-10,12-14,16-18,23-25,28-30,43H2,1H3,(H,46,47)/b7-6+/t31-,34+,35+,39+,40-,42+/m0/s1. The van der Waals surface area contributed by atoms with Crippen LogP contribution in [-0.2, 0) is 16.6 Å². The number of carboxylic acid groups (broad SMARTS) is 1. The van der Waals surface area contributed by atoms with Crippen LogP contribution in [0.4, 0.5) is 0 Å². The fraction of sp³-hybridized carbons (Fsp3) is 0.595. The molecule has 0 aromatic heterocycles. The van der Waals surface area contributed by atoms with Gasteiger partial charge in [-0.1, -0.05) is 92.3 Å². The molecule has 0 heterocycles. The lowest BCUT2D eigenvalue weighted by Gasteiger charge is -2.45. The third-order valence-corrected chi connectivity index (χ3v) is 11.8. The number of phenols is 1. The fourth-order valence-corrected chi connectivity index (χ4v) is 9.42. The fourth-order valence-electron chi connectivity index (χ4n) is 9.42. The van der Waals surface area contributed by atoms with E-state index < -0.39 is 11.9 Å². The molecule has 2 aromatic rings. The minimum atomic E-state index is -0.663.